The van der Waals surface area contributed by atoms with E-state index in [9.17, 15) is 14.7 Å². The number of hydrogen-bond donors (Lipinski definition) is 1. The molecule has 2 aromatic carbocycles. The highest BCUT2D eigenvalue weighted by Gasteiger charge is 2.45. The standard InChI is InChI=1S/C21H21ClN2O3/c1-23(2)12-13-24-18(14-6-4-3-5-7-14)17(20(26)21(24)27)19(25)15-8-10-16(22)11-9-15/h3-11,18,25H,12-13H2,1-2H3. The number of rotatable bonds is 5. The molecular formula is C21H21ClN2O3. The van der Waals surface area contributed by atoms with Gasteiger partial charge >= 0.3 is 0 Å². The second-order valence-electron chi connectivity index (χ2n) is 6.71. The van der Waals surface area contributed by atoms with Crippen LogP contribution in [-0.2, 0) is 9.59 Å². The molecule has 1 heterocycles. The summed E-state index contributed by atoms with van der Waals surface area (Å²) in [6.07, 6.45) is 0. The fourth-order valence-electron chi connectivity index (χ4n) is 3.16. The van der Waals surface area contributed by atoms with Crippen molar-refractivity contribution in [2.75, 3.05) is 27.2 Å². The van der Waals surface area contributed by atoms with Crippen LogP contribution in [0.4, 0.5) is 0 Å². The summed E-state index contributed by atoms with van der Waals surface area (Å²) >= 11 is 5.91. The molecule has 0 aromatic heterocycles. The van der Waals surface area contributed by atoms with Gasteiger partial charge in [0.2, 0.25) is 0 Å². The highest BCUT2D eigenvalue weighted by molar-refractivity contribution is 6.46. The van der Waals surface area contributed by atoms with Gasteiger partial charge in [-0.2, -0.15) is 0 Å². The Kier molecular flexibility index (Phi) is 5.63. The normalized spacial score (nSPS) is 19.1. The number of amides is 1. The van der Waals surface area contributed by atoms with Gasteiger partial charge < -0.3 is 14.9 Å². The van der Waals surface area contributed by atoms with Crippen molar-refractivity contribution in [3.05, 3.63) is 76.3 Å². The smallest absolute Gasteiger partial charge is 0.295 e. The van der Waals surface area contributed by atoms with Crippen LogP contribution in [0.2, 0.25) is 5.02 Å². The van der Waals surface area contributed by atoms with Crippen molar-refractivity contribution in [2.24, 2.45) is 0 Å². The van der Waals surface area contributed by atoms with Crippen molar-refractivity contribution in [1.82, 2.24) is 9.80 Å². The van der Waals surface area contributed by atoms with Crippen LogP contribution < -0.4 is 0 Å². The Morgan fingerprint density at radius 3 is 2.30 bits per heavy atom. The molecule has 1 atom stereocenters. The van der Waals surface area contributed by atoms with Gasteiger partial charge in [0, 0.05) is 23.7 Å². The first-order valence-electron chi connectivity index (χ1n) is 8.64. The SMILES string of the molecule is CN(C)CCN1C(=O)C(=O)C(=C(O)c2ccc(Cl)cc2)C1c1ccccc1. The lowest BCUT2D eigenvalue weighted by atomic mass is 9.95. The first-order chi connectivity index (χ1) is 12.9. The zero-order valence-corrected chi connectivity index (χ0v) is 16.0. The number of Topliss-reactive ketones (excluding diaryl/α,β-unsaturated/α-hetero) is 1. The number of likely N-dealkylation sites (N-methyl/N-ethyl adjacent to an activating group) is 1. The number of ketones is 1. The molecule has 5 nitrogen and oxygen atoms in total. The quantitative estimate of drug-likeness (QED) is 0.488. The predicted octanol–water partition coefficient (Wildman–Crippen LogP) is 3.32. The number of likely N-dealkylation sites (tertiary alicyclic amines) is 1. The molecule has 0 bridgehead atoms. The first-order valence-corrected chi connectivity index (χ1v) is 9.02. The lowest BCUT2D eigenvalue weighted by Crippen LogP contribution is -2.35. The zero-order valence-electron chi connectivity index (χ0n) is 15.2. The van der Waals surface area contributed by atoms with Crippen LogP contribution in [-0.4, -0.2) is 53.8 Å². The van der Waals surface area contributed by atoms with Gasteiger partial charge in [0.05, 0.1) is 11.6 Å². The Labute approximate surface area is 163 Å². The topological polar surface area (TPSA) is 60.9 Å². The van der Waals surface area contributed by atoms with Gasteiger partial charge in [-0.3, -0.25) is 9.59 Å². The number of hydrogen-bond acceptors (Lipinski definition) is 4. The van der Waals surface area contributed by atoms with Gasteiger partial charge in [0.1, 0.15) is 5.76 Å². The maximum absolute atomic E-state index is 12.8. The molecule has 1 saturated heterocycles. The summed E-state index contributed by atoms with van der Waals surface area (Å²) in [6, 6.07) is 15.2. The summed E-state index contributed by atoms with van der Waals surface area (Å²) in [7, 11) is 3.81. The average molecular weight is 385 g/mol. The van der Waals surface area contributed by atoms with E-state index in [1.807, 2.05) is 49.3 Å². The molecule has 0 aliphatic carbocycles. The van der Waals surface area contributed by atoms with Crippen LogP contribution in [0.3, 0.4) is 0 Å². The summed E-state index contributed by atoms with van der Waals surface area (Å²) in [4.78, 5) is 28.9. The van der Waals surface area contributed by atoms with Gasteiger partial charge in [-0.1, -0.05) is 41.9 Å². The van der Waals surface area contributed by atoms with E-state index in [0.717, 1.165) is 5.56 Å². The van der Waals surface area contributed by atoms with Crippen LogP contribution in [0.5, 0.6) is 0 Å². The highest BCUT2D eigenvalue weighted by Crippen LogP contribution is 2.39. The molecule has 1 aliphatic rings. The molecule has 3 rings (SSSR count). The van der Waals surface area contributed by atoms with Crippen LogP contribution in [0.15, 0.2) is 60.2 Å². The summed E-state index contributed by atoms with van der Waals surface area (Å²) in [5.41, 5.74) is 1.34. The number of halogens is 1. The predicted molar refractivity (Wildman–Crippen MR) is 105 cm³/mol. The van der Waals surface area contributed by atoms with Crippen molar-refractivity contribution >= 4 is 29.1 Å². The van der Waals surface area contributed by atoms with Crippen molar-refractivity contribution in [3.63, 3.8) is 0 Å². The Morgan fingerprint density at radius 2 is 1.70 bits per heavy atom. The van der Waals surface area contributed by atoms with Gasteiger partial charge in [-0.05, 0) is 43.9 Å². The minimum atomic E-state index is -0.671. The maximum atomic E-state index is 12.8. The largest absolute Gasteiger partial charge is 0.507 e. The summed E-state index contributed by atoms with van der Waals surface area (Å²) in [6.45, 7) is 0.992. The Balaban J connectivity index is 2.12. The summed E-state index contributed by atoms with van der Waals surface area (Å²) in [5, 5.41) is 11.4. The Hall–Kier alpha value is -2.63. The summed E-state index contributed by atoms with van der Waals surface area (Å²) < 4.78 is 0. The van der Waals surface area contributed by atoms with E-state index in [2.05, 4.69) is 0 Å². The second-order valence-corrected chi connectivity index (χ2v) is 7.15. The maximum Gasteiger partial charge on any atom is 0.295 e. The highest BCUT2D eigenvalue weighted by atomic mass is 35.5. The molecule has 140 valence electrons. The number of aliphatic hydroxyl groups is 1. The van der Waals surface area contributed by atoms with Crippen molar-refractivity contribution in [3.8, 4) is 0 Å². The Morgan fingerprint density at radius 1 is 1.07 bits per heavy atom. The van der Waals surface area contributed by atoms with Gasteiger partial charge in [0.25, 0.3) is 11.7 Å². The molecule has 0 radical (unpaired) electrons. The van der Waals surface area contributed by atoms with Crippen LogP contribution in [0.1, 0.15) is 17.2 Å². The summed E-state index contributed by atoms with van der Waals surface area (Å²) in [5.74, 6) is -1.46. The average Bonchev–Trinajstić information content (AvgIpc) is 2.91. The first kappa shape index (κ1) is 19.1. The number of aliphatic hydroxyl groups excluding tert-OH is 1. The van der Waals surface area contributed by atoms with E-state index in [4.69, 9.17) is 11.6 Å². The molecule has 1 N–H and O–H groups in total. The molecule has 6 heteroatoms. The van der Waals surface area contributed by atoms with Gasteiger partial charge in [0.15, 0.2) is 0 Å². The third kappa shape index (κ3) is 3.89. The molecule has 27 heavy (non-hydrogen) atoms. The fourth-order valence-corrected chi connectivity index (χ4v) is 3.29. The molecule has 1 unspecified atom stereocenters. The minimum Gasteiger partial charge on any atom is -0.507 e. The molecule has 1 amide bonds. The van der Waals surface area contributed by atoms with Crippen molar-refractivity contribution in [1.29, 1.82) is 0 Å². The zero-order chi connectivity index (χ0) is 19.6. The molecule has 0 spiro atoms. The molecule has 1 aliphatic heterocycles. The Bertz CT molecular complexity index is 876. The van der Waals surface area contributed by atoms with Crippen LogP contribution in [0, 0.1) is 0 Å². The van der Waals surface area contributed by atoms with Crippen molar-refractivity contribution in [2.45, 2.75) is 6.04 Å². The lowest BCUT2D eigenvalue weighted by Gasteiger charge is -2.26. The minimum absolute atomic E-state index is 0.104. The molecule has 2 aromatic rings. The van der Waals surface area contributed by atoms with E-state index in [1.54, 1.807) is 24.3 Å². The third-order valence-electron chi connectivity index (χ3n) is 4.56. The van der Waals surface area contributed by atoms with E-state index in [1.165, 1.54) is 4.90 Å². The monoisotopic (exact) mass is 384 g/mol. The van der Waals surface area contributed by atoms with Gasteiger partial charge in [-0.25, -0.2) is 0 Å². The van der Waals surface area contributed by atoms with E-state index in [-0.39, 0.29) is 11.3 Å². The molecule has 0 saturated carbocycles. The van der Waals surface area contributed by atoms with Crippen molar-refractivity contribution < 1.29 is 14.7 Å². The lowest BCUT2D eigenvalue weighted by molar-refractivity contribution is -0.140. The number of carbonyl (C=O) groups excluding carboxylic acids is 2. The number of benzene rings is 2. The van der Waals surface area contributed by atoms with E-state index < -0.39 is 17.7 Å². The van der Waals surface area contributed by atoms with Crippen LogP contribution >= 0.6 is 11.6 Å². The van der Waals surface area contributed by atoms with E-state index >= 15 is 0 Å². The van der Waals surface area contributed by atoms with E-state index in [0.29, 0.717) is 23.7 Å². The van der Waals surface area contributed by atoms with Gasteiger partial charge in [-0.15, -0.1) is 0 Å². The second kappa shape index (κ2) is 7.94. The number of nitrogens with zero attached hydrogens (tertiary/aromatic N) is 2. The number of carbonyl (C=O) groups is 2. The fraction of sp³-hybridized carbons (Fsp3) is 0.238. The van der Waals surface area contributed by atoms with Crippen LogP contribution in [0.25, 0.3) is 5.76 Å². The molecule has 1 fully saturated rings. The molecular weight excluding hydrogens is 364 g/mol. The third-order valence-corrected chi connectivity index (χ3v) is 4.81.